The van der Waals surface area contributed by atoms with E-state index in [-0.39, 0.29) is 11.8 Å². The first kappa shape index (κ1) is 21.4. The molecule has 0 bridgehead atoms. The maximum absolute atomic E-state index is 13.4. The summed E-state index contributed by atoms with van der Waals surface area (Å²) in [5.74, 6) is 0.195. The molecule has 32 heavy (non-hydrogen) atoms. The Balaban J connectivity index is 1.64. The van der Waals surface area contributed by atoms with Gasteiger partial charge in [-0.25, -0.2) is 0 Å². The van der Waals surface area contributed by atoms with E-state index in [1.54, 1.807) is 7.11 Å². The monoisotopic (exact) mass is 426 g/mol. The number of nitrogens with one attached hydrogen (secondary N) is 1. The van der Waals surface area contributed by atoms with Gasteiger partial charge in [0, 0.05) is 12.2 Å². The van der Waals surface area contributed by atoms with Crippen LogP contribution in [0.15, 0.2) is 78.5 Å². The molecular formula is C27H26N2O3. The molecule has 2 amide bonds. The van der Waals surface area contributed by atoms with Gasteiger partial charge in [-0.1, -0.05) is 48.5 Å². The molecule has 0 atom stereocenters. The number of ether oxygens (including phenoxy) is 1. The zero-order valence-electron chi connectivity index (χ0n) is 18.5. The van der Waals surface area contributed by atoms with Crippen LogP contribution < -0.4 is 10.1 Å². The molecule has 0 radical (unpaired) electrons. The standard InChI is InChI=1S/C27H26N2O3/c1-18-9-12-21(17-19(18)2)24-25(28-22-7-5-4-6-8-22)27(31)29(26(24)30)16-15-20-10-13-23(32-3)14-11-20/h4-14,17,28H,15-16H2,1-3H3. The Kier molecular flexibility index (Phi) is 6.08. The molecule has 0 unspecified atom stereocenters. The van der Waals surface area contributed by atoms with Gasteiger partial charge < -0.3 is 10.1 Å². The molecule has 1 aliphatic heterocycles. The maximum atomic E-state index is 13.4. The molecule has 0 fully saturated rings. The molecule has 0 saturated carbocycles. The summed E-state index contributed by atoms with van der Waals surface area (Å²) in [4.78, 5) is 28.1. The number of para-hydroxylation sites is 1. The highest BCUT2D eigenvalue weighted by atomic mass is 16.5. The molecule has 4 rings (SSSR count). The van der Waals surface area contributed by atoms with E-state index >= 15 is 0 Å². The lowest BCUT2D eigenvalue weighted by Gasteiger charge is -2.15. The van der Waals surface area contributed by atoms with Gasteiger partial charge in [-0.05, 0) is 66.8 Å². The highest BCUT2D eigenvalue weighted by molar-refractivity contribution is 6.36. The molecular weight excluding hydrogens is 400 g/mol. The van der Waals surface area contributed by atoms with Gasteiger partial charge >= 0.3 is 0 Å². The predicted octanol–water partition coefficient (Wildman–Crippen LogP) is 4.75. The minimum atomic E-state index is -0.305. The van der Waals surface area contributed by atoms with E-state index in [1.165, 1.54) is 4.90 Å². The van der Waals surface area contributed by atoms with Crippen molar-refractivity contribution >= 4 is 23.1 Å². The average molecular weight is 427 g/mol. The van der Waals surface area contributed by atoms with Crippen molar-refractivity contribution in [2.24, 2.45) is 0 Å². The molecule has 3 aromatic carbocycles. The minimum absolute atomic E-state index is 0.273. The van der Waals surface area contributed by atoms with Crippen molar-refractivity contribution in [3.8, 4) is 5.75 Å². The number of carbonyl (C=O) groups is 2. The normalized spacial score (nSPS) is 13.7. The van der Waals surface area contributed by atoms with Crippen LogP contribution in [0.5, 0.6) is 5.75 Å². The first-order chi connectivity index (χ1) is 15.5. The first-order valence-electron chi connectivity index (χ1n) is 10.6. The van der Waals surface area contributed by atoms with Crippen LogP contribution in [0.25, 0.3) is 5.57 Å². The van der Waals surface area contributed by atoms with Crippen LogP contribution in [0.3, 0.4) is 0 Å². The molecule has 0 aromatic heterocycles. The molecule has 5 nitrogen and oxygen atoms in total. The van der Waals surface area contributed by atoms with Crippen LogP contribution >= 0.6 is 0 Å². The molecule has 1 N–H and O–H groups in total. The molecule has 5 heteroatoms. The van der Waals surface area contributed by atoms with Crippen molar-refractivity contribution in [1.29, 1.82) is 0 Å². The summed E-state index contributed by atoms with van der Waals surface area (Å²) in [6, 6.07) is 23.0. The van der Waals surface area contributed by atoms with Gasteiger partial charge in [0.1, 0.15) is 11.4 Å². The van der Waals surface area contributed by atoms with Crippen molar-refractivity contribution in [3.63, 3.8) is 0 Å². The van der Waals surface area contributed by atoms with Crippen molar-refractivity contribution in [2.75, 3.05) is 19.0 Å². The molecule has 0 spiro atoms. The van der Waals surface area contributed by atoms with Gasteiger partial charge in [-0.3, -0.25) is 14.5 Å². The van der Waals surface area contributed by atoms with Gasteiger partial charge in [0.2, 0.25) is 0 Å². The van der Waals surface area contributed by atoms with Gasteiger partial charge in [-0.15, -0.1) is 0 Å². The Morgan fingerprint density at radius 1 is 0.844 bits per heavy atom. The molecule has 0 saturated heterocycles. The number of nitrogens with zero attached hydrogens (tertiary/aromatic N) is 1. The topological polar surface area (TPSA) is 58.6 Å². The highest BCUT2D eigenvalue weighted by Gasteiger charge is 2.39. The van der Waals surface area contributed by atoms with Crippen LogP contribution in [0.1, 0.15) is 22.3 Å². The summed E-state index contributed by atoms with van der Waals surface area (Å²) in [7, 11) is 1.62. The number of imide groups is 1. The van der Waals surface area contributed by atoms with Crippen molar-refractivity contribution in [3.05, 3.63) is 101 Å². The largest absolute Gasteiger partial charge is 0.497 e. The Bertz CT molecular complexity index is 1180. The van der Waals surface area contributed by atoms with Crippen molar-refractivity contribution < 1.29 is 14.3 Å². The van der Waals surface area contributed by atoms with Gasteiger partial charge in [0.05, 0.1) is 12.7 Å². The van der Waals surface area contributed by atoms with Gasteiger partial charge in [-0.2, -0.15) is 0 Å². The van der Waals surface area contributed by atoms with E-state index in [0.717, 1.165) is 33.7 Å². The lowest BCUT2D eigenvalue weighted by Crippen LogP contribution is -2.34. The van der Waals surface area contributed by atoms with Crippen LogP contribution in [0.2, 0.25) is 0 Å². The molecule has 1 aliphatic rings. The molecule has 162 valence electrons. The molecule has 3 aromatic rings. The van der Waals surface area contributed by atoms with E-state index in [4.69, 9.17) is 4.74 Å². The van der Waals surface area contributed by atoms with Crippen LogP contribution in [0, 0.1) is 13.8 Å². The number of anilines is 1. The lowest BCUT2D eigenvalue weighted by atomic mass is 9.99. The Labute approximate surface area is 188 Å². The summed E-state index contributed by atoms with van der Waals surface area (Å²) in [5, 5.41) is 3.20. The minimum Gasteiger partial charge on any atom is -0.497 e. The third-order valence-corrected chi connectivity index (χ3v) is 5.79. The predicted molar refractivity (Wildman–Crippen MR) is 126 cm³/mol. The maximum Gasteiger partial charge on any atom is 0.278 e. The number of carbonyl (C=O) groups excluding carboxylic acids is 2. The quantitative estimate of drug-likeness (QED) is 0.554. The van der Waals surface area contributed by atoms with E-state index < -0.39 is 0 Å². The fourth-order valence-electron chi connectivity index (χ4n) is 3.76. The molecule has 1 heterocycles. The van der Waals surface area contributed by atoms with Crippen molar-refractivity contribution in [1.82, 2.24) is 4.90 Å². The summed E-state index contributed by atoms with van der Waals surface area (Å²) >= 11 is 0. The zero-order valence-corrected chi connectivity index (χ0v) is 18.5. The Morgan fingerprint density at radius 3 is 2.22 bits per heavy atom. The second-order valence-electron chi connectivity index (χ2n) is 7.90. The Morgan fingerprint density at radius 2 is 1.56 bits per heavy atom. The zero-order chi connectivity index (χ0) is 22.7. The summed E-state index contributed by atoms with van der Waals surface area (Å²) in [6.45, 7) is 4.34. The lowest BCUT2D eigenvalue weighted by molar-refractivity contribution is -0.136. The summed E-state index contributed by atoms with van der Waals surface area (Å²) < 4.78 is 5.20. The third-order valence-electron chi connectivity index (χ3n) is 5.79. The number of methoxy groups -OCH3 is 1. The van der Waals surface area contributed by atoms with Gasteiger partial charge in [0.25, 0.3) is 11.8 Å². The van der Waals surface area contributed by atoms with E-state index in [2.05, 4.69) is 5.32 Å². The fraction of sp³-hybridized carbons (Fsp3) is 0.185. The summed E-state index contributed by atoms with van der Waals surface area (Å²) in [6.07, 6.45) is 0.570. The fourth-order valence-corrected chi connectivity index (χ4v) is 3.76. The highest BCUT2D eigenvalue weighted by Crippen LogP contribution is 2.31. The van der Waals surface area contributed by atoms with Gasteiger partial charge in [0.15, 0.2) is 0 Å². The van der Waals surface area contributed by atoms with E-state index in [1.807, 2.05) is 86.6 Å². The SMILES string of the molecule is COc1ccc(CCN2C(=O)C(Nc3ccccc3)=C(c3ccc(C)c(C)c3)C2=O)cc1. The number of hydrogen-bond donors (Lipinski definition) is 1. The molecule has 0 aliphatic carbocycles. The van der Waals surface area contributed by atoms with E-state index in [9.17, 15) is 9.59 Å². The Hall–Kier alpha value is -3.86. The number of aryl methyl sites for hydroxylation is 2. The van der Waals surface area contributed by atoms with E-state index in [0.29, 0.717) is 24.2 Å². The van der Waals surface area contributed by atoms with Crippen LogP contribution in [0.4, 0.5) is 5.69 Å². The van der Waals surface area contributed by atoms with Crippen molar-refractivity contribution in [2.45, 2.75) is 20.3 Å². The number of hydrogen-bond acceptors (Lipinski definition) is 4. The van der Waals surface area contributed by atoms with Crippen LogP contribution in [-0.2, 0) is 16.0 Å². The summed E-state index contributed by atoms with van der Waals surface area (Å²) in [5.41, 5.74) is 5.49. The number of amides is 2. The smallest absolute Gasteiger partial charge is 0.278 e. The second-order valence-corrected chi connectivity index (χ2v) is 7.90. The first-order valence-corrected chi connectivity index (χ1v) is 10.6. The third kappa shape index (κ3) is 4.28. The average Bonchev–Trinajstić information content (AvgIpc) is 3.04. The van der Waals surface area contributed by atoms with Crippen LogP contribution in [-0.4, -0.2) is 30.4 Å². The number of benzene rings is 3. The number of rotatable bonds is 7. The second kappa shape index (κ2) is 9.10.